The van der Waals surface area contributed by atoms with Crippen LogP contribution in [0, 0.1) is 5.21 Å². The zero-order chi connectivity index (χ0) is 14.8. The van der Waals surface area contributed by atoms with Crippen molar-refractivity contribution in [2.45, 2.75) is 6.42 Å². The monoisotopic (exact) mass is 299 g/mol. The Balaban J connectivity index is 1.99. The van der Waals surface area contributed by atoms with Gasteiger partial charge in [0.2, 0.25) is 0 Å². The molecule has 2 aromatic rings. The number of allylic oxidation sites excluding steroid dienone is 2. The molecule has 1 N–H and O–H groups in total. The van der Waals surface area contributed by atoms with Crippen LogP contribution in [0.25, 0.3) is 10.8 Å². The Kier molecular flexibility index (Phi) is 3.70. The van der Waals surface area contributed by atoms with Gasteiger partial charge in [0.1, 0.15) is 6.20 Å². The summed E-state index contributed by atoms with van der Waals surface area (Å²) in [5.41, 5.74) is 1.51. The van der Waals surface area contributed by atoms with Crippen LogP contribution < -0.4 is 5.06 Å². The third-order valence-electron chi connectivity index (χ3n) is 3.44. The summed E-state index contributed by atoms with van der Waals surface area (Å²) in [6.07, 6.45) is 4.97. The van der Waals surface area contributed by atoms with Crippen LogP contribution in [0.3, 0.4) is 0 Å². The van der Waals surface area contributed by atoms with Crippen molar-refractivity contribution in [3.63, 3.8) is 0 Å². The van der Waals surface area contributed by atoms with Crippen LogP contribution in [0.15, 0.2) is 66.4 Å². The molecule has 1 atom stereocenters. The summed E-state index contributed by atoms with van der Waals surface area (Å²) in [7, 11) is -2.52. The van der Waals surface area contributed by atoms with Gasteiger partial charge in [0.25, 0.3) is 15.3 Å². The number of quaternary nitrogens is 1. The van der Waals surface area contributed by atoms with E-state index in [0.29, 0.717) is 12.0 Å². The molecule has 5 heteroatoms. The topological polar surface area (TPSA) is 61.6 Å². The lowest BCUT2D eigenvalue weighted by Crippen LogP contribution is -3.06. The van der Waals surface area contributed by atoms with Crippen molar-refractivity contribution < 1.29 is 13.5 Å². The molecule has 0 aromatic heterocycles. The number of rotatable bonds is 2. The van der Waals surface area contributed by atoms with Crippen LogP contribution in [-0.4, -0.2) is 13.4 Å². The first kappa shape index (κ1) is 13.8. The molecule has 0 amide bonds. The van der Waals surface area contributed by atoms with E-state index in [1.54, 1.807) is 12.2 Å². The Bertz CT molecular complexity index is 887. The number of benzene rings is 2. The molecule has 0 saturated carbocycles. The van der Waals surface area contributed by atoms with Crippen molar-refractivity contribution in [1.29, 1.82) is 0 Å². The quantitative estimate of drug-likeness (QED) is 0.670. The first-order valence-corrected chi connectivity index (χ1v) is 7.58. The van der Waals surface area contributed by atoms with Crippen LogP contribution in [-0.2, 0) is 16.7 Å². The predicted octanol–water partition coefficient (Wildman–Crippen LogP) is 1.23. The van der Waals surface area contributed by atoms with Gasteiger partial charge in [-0.05, 0) is 28.5 Å². The van der Waals surface area contributed by atoms with Gasteiger partial charge in [-0.25, -0.2) is 0 Å². The molecule has 3 rings (SSSR count). The Labute approximate surface area is 123 Å². The van der Waals surface area contributed by atoms with Crippen LogP contribution in [0.4, 0.5) is 0 Å². The SMILES string of the molecule is O=S(=O)=C1C(Cc2ccc3ccccc3c2)=CC=C[NH+]1[O-]. The molecule has 21 heavy (non-hydrogen) atoms. The fraction of sp³-hybridized carbons (Fsp3) is 0.0625. The molecular weight excluding hydrogens is 286 g/mol. The van der Waals surface area contributed by atoms with Crippen molar-refractivity contribution >= 4 is 26.1 Å². The van der Waals surface area contributed by atoms with E-state index in [1.165, 1.54) is 6.20 Å². The molecular formula is C16H13NO3S. The lowest BCUT2D eigenvalue weighted by atomic mass is 10.00. The molecule has 1 heterocycles. The maximum Gasteiger partial charge on any atom is 0.277 e. The average molecular weight is 299 g/mol. The van der Waals surface area contributed by atoms with Gasteiger partial charge in [-0.2, -0.15) is 8.42 Å². The molecule has 0 bridgehead atoms. The standard InChI is InChI=1S/C16H13NO3S/c18-17-9-3-6-15(16(17)21(19)20)11-12-7-8-13-4-1-2-5-14(13)10-12/h1-10,17H,11H2. The summed E-state index contributed by atoms with van der Waals surface area (Å²) >= 11 is 0. The van der Waals surface area contributed by atoms with Gasteiger partial charge >= 0.3 is 0 Å². The van der Waals surface area contributed by atoms with E-state index in [9.17, 15) is 13.6 Å². The number of fused-ring (bicyclic) bond motifs is 1. The van der Waals surface area contributed by atoms with Crippen molar-refractivity contribution in [3.8, 4) is 0 Å². The molecule has 0 fully saturated rings. The molecule has 1 unspecified atom stereocenters. The van der Waals surface area contributed by atoms with Crippen LogP contribution in [0.1, 0.15) is 5.56 Å². The van der Waals surface area contributed by atoms with Gasteiger partial charge in [-0.15, -0.1) is 0 Å². The third kappa shape index (κ3) is 2.80. The van der Waals surface area contributed by atoms with Gasteiger partial charge in [0.15, 0.2) is 0 Å². The molecule has 2 aromatic carbocycles. The first-order chi connectivity index (χ1) is 10.1. The Morgan fingerprint density at radius 2 is 1.81 bits per heavy atom. The second kappa shape index (κ2) is 5.65. The minimum Gasteiger partial charge on any atom is -0.623 e. The molecule has 1 aliphatic heterocycles. The fourth-order valence-electron chi connectivity index (χ4n) is 2.46. The van der Waals surface area contributed by atoms with Crippen molar-refractivity contribution in [3.05, 3.63) is 77.2 Å². The highest BCUT2D eigenvalue weighted by Gasteiger charge is 2.19. The molecule has 0 radical (unpaired) electrons. The van der Waals surface area contributed by atoms with E-state index in [1.807, 2.05) is 42.5 Å². The highest BCUT2D eigenvalue weighted by atomic mass is 32.2. The summed E-state index contributed by atoms with van der Waals surface area (Å²) in [4.78, 5) is -0.134. The van der Waals surface area contributed by atoms with Crippen LogP contribution in [0.5, 0.6) is 0 Å². The highest BCUT2D eigenvalue weighted by Crippen LogP contribution is 2.18. The number of hydroxylamine groups is 2. The average Bonchev–Trinajstić information content (AvgIpc) is 2.47. The van der Waals surface area contributed by atoms with Crippen molar-refractivity contribution in [2.75, 3.05) is 0 Å². The van der Waals surface area contributed by atoms with Crippen molar-refractivity contribution in [2.24, 2.45) is 0 Å². The molecule has 0 spiro atoms. The molecule has 0 aliphatic carbocycles. The minimum atomic E-state index is -2.52. The van der Waals surface area contributed by atoms with E-state index in [-0.39, 0.29) is 4.99 Å². The third-order valence-corrected chi connectivity index (χ3v) is 4.23. The number of hydrogen-bond donors (Lipinski definition) is 1. The highest BCUT2D eigenvalue weighted by molar-refractivity contribution is 7.72. The van der Waals surface area contributed by atoms with Crippen molar-refractivity contribution in [1.82, 2.24) is 0 Å². The zero-order valence-electron chi connectivity index (χ0n) is 11.1. The zero-order valence-corrected chi connectivity index (χ0v) is 11.9. The summed E-state index contributed by atoms with van der Waals surface area (Å²) in [5.74, 6) is 0. The minimum absolute atomic E-state index is 0.134. The normalized spacial score (nSPS) is 17.9. The van der Waals surface area contributed by atoms with E-state index in [2.05, 4.69) is 0 Å². The maximum absolute atomic E-state index is 11.7. The smallest absolute Gasteiger partial charge is 0.277 e. The summed E-state index contributed by atoms with van der Waals surface area (Å²) < 4.78 is 22.5. The van der Waals surface area contributed by atoms with E-state index in [4.69, 9.17) is 0 Å². The Morgan fingerprint density at radius 3 is 2.57 bits per heavy atom. The van der Waals surface area contributed by atoms with E-state index in [0.717, 1.165) is 16.3 Å². The van der Waals surface area contributed by atoms with Gasteiger partial charge in [-0.1, -0.05) is 42.5 Å². The Morgan fingerprint density at radius 1 is 1.05 bits per heavy atom. The first-order valence-electron chi connectivity index (χ1n) is 6.51. The second-order valence-corrected chi connectivity index (χ2v) is 5.72. The van der Waals surface area contributed by atoms with Gasteiger partial charge in [-0.3, -0.25) is 0 Å². The van der Waals surface area contributed by atoms with E-state index >= 15 is 0 Å². The molecule has 1 aliphatic rings. The molecule has 106 valence electrons. The predicted molar refractivity (Wildman–Crippen MR) is 83.1 cm³/mol. The van der Waals surface area contributed by atoms with Crippen LogP contribution >= 0.6 is 0 Å². The van der Waals surface area contributed by atoms with E-state index < -0.39 is 15.4 Å². The summed E-state index contributed by atoms with van der Waals surface area (Å²) in [6, 6.07) is 13.9. The largest absolute Gasteiger partial charge is 0.623 e. The number of hydrogen-bond acceptors (Lipinski definition) is 3. The van der Waals surface area contributed by atoms with Gasteiger partial charge in [0.05, 0.1) is 0 Å². The second-order valence-electron chi connectivity index (χ2n) is 4.84. The maximum atomic E-state index is 11.7. The molecule has 4 nitrogen and oxygen atoms in total. The lowest BCUT2D eigenvalue weighted by molar-refractivity contribution is -0.680. The molecule has 0 saturated heterocycles. The summed E-state index contributed by atoms with van der Waals surface area (Å²) in [5, 5.41) is 13.5. The lowest BCUT2D eigenvalue weighted by Gasteiger charge is -2.21. The van der Waals surface area contributed by atoms with Gasteiger partial charge < -0.3 is 10.3 Å². The Hall–Kier alpha value is -2.21. The fourth-order valence-corrected chi connectivity index (χ4v) is 3.04. The van der Waals surface area contributed by atoms with Gasteiger partial charge in [0, 0.05) is 12.0 Å². The van der Waals surface area contributed by atoms with Crippen LogP contribution in [0.2, 0.25) is 0 Å². The summed E-state index contributed by atoms with van der Waals surface area (Å²) in [6.45, 7) is 0. The number of nitrogens with one attached hydrogen (secondary N) is 1.